The summed E-state index contributed by atoms with van der Waals surface area (Å²) < 4.78 is 31.8. The predicted octanol–water partition coefficient (Wildman–Crippen LogP) is 2.90. The number of aliphatic hydroxyl groups excluding tert-OH is 1. The number of nitrogens with zero attached hydrogens (tertiary/aromatic N) is 1. The second kappa shape index (κ2) is 6.99. The Labute approximate surface area is 121 Å². The molecule has 0 amide bonds. The first kappa shape index (κ1) is 15.2. The lowest BCUT2D eigenvalue weighted by Crippen LogP contribution is -2.14. The average molecular weight is 294 g/mol. The molecule has 21 heavy (non-hydrogen) atoms. The van der Waals surface area contributed by atoms with E-state index < -0.39 is 17.7 Å². The fourth-order valence-corrected chi connectivity index (χ4v) is 1.81. The molecule has 0 aliphatic rings. The number of benzene rings is 1. The molecule has 0 saturated carbocycles. The van der Waals surface area contributed by atoms with E-state index in [1.54, 1.807) is 18.3 Å². The van der Waals surface area contributed by atoms with Crippen LogP contribution in [0.3, 0.4) is 0 Å². The number of ether oxygens (including phenoxy) is 1. The van der Waals surface area contributed by atoms with Gasteiger partial charge in [0.15, 0.2) is 0 Å². The highest BCUT2D eigenvalue weighted by Crippen LogP contribution is 2.19. The molecule has 1 heterocycles. The van der Waals surface area contributed by atoms with Crippen LogP contribution >= 0.6 is 0 Å². The first-order chi connectivity index (χ1) is 10.1. The van der Waals surface area contributed by atoms with E-state index in [0.717, 1.165) is 18.2 Å². The van der Waals surface area contributed by atoms with Gasteiger partial charge in [-0.1, -0.05) is 0 Å². The molecule has 0 radical (unpaired) electrons. The summed E-state index contributed by atoms with van der Waals surface area (Å²) in [4.78, 5) is 4.05. The van der Waals surface area contributed by atoms with Gasteiger partial charge in [-0.2, -0.15) is 0 Å². The second-order valence-electron chi connectivity index (χ2n) is 4.38. The average Bonchev–Trinajstić information content (AvgIpc) is 2.49. The number of halogens is 2. The number of aromatic nitrogens is 1. The van der Waals surface area contributed by atoms with Crippen molar-refractivity contribution in [2.24, 2.45) is 0 Å². The number of hydrogen-bond donors (Lipinski definition) is 2. The molecule has 0 fully saturated rings. The van der Waals surface area contributed by atoms with Crippen molar-refractivity contribution in [3.63, 3.8) is 0 Å². The van der Waals surface area contributed by atoms with Crippen molar-refractivity contribution < 1.29 is 18.6 Å². The zero-order chi connectivity index (χ0) is 15.2. The molecule has 0 aliphatic heterocycles. The number of nitrogens with one attached hydrogen (secondary N) is 1. The van der Waals surface area contributed by atoms with Crippen LogP contribution < -0.4 is 10.1 Å². The molecule has 0 aliphatic carbocycles. The number of aliphatic hydroxyl groups is 1. The summed E-state index contributed by atoms with van der Waals surface area (Å²) in [5.74, 6) is -0.733. The molecule has 0 saturated heterocycles. The van der Waals surface area contributed by atoms with Gasteiger partial charge in [0.2, 0.25) is 5.88 Å². The molecule has 0 bridgehead atoms. The van der Waals surface area contributed by atoms with Crippen molar-refractivity contribution in [1.29, 1.82) is 0 Å². The van der Waals surface area contributed by atoms with Gasteiger partial charge in [-0.3, -0.25) is 0 Å². The Kier molecular flexibility index (Phi) is 5.05. The van der Waals surface area contributed by atoms with Gasteiger partial charge in [-0.15, -0.1) is 0 Å². The highest BCUT2D eigenvalue weighted by Gasteiger charge is 2.13. The zero-order valence-corrected chi connectivity index (χ0v) is 11.5. The topological polar surface area (TPSA) is 54.4 Å². The molecular formula is C15H16F2N2O2. The van der Waals surface area contributed by atoms with Crippen molar-refractivity contribution in [3.8, 4) is 5.88 Å². The van der Waals surface area contributed by atoms with E-state index in [-0.39, 0.29) is 12.1 Å². The molecule has 4 nitrogen and oxygen atoms in total. The highest BCUT2D eigenvalue weighted by molar-refractivity contribution is 5.42. The van der Waals surface area contributed by atoms with Crippen LogP contribution in [0.1, 0.15) is 18.6 Å². The lowest BCUT2D eigenvalue weighted by atomic mass is 10.1. The van der Waals surface area contributed by atoms with Crippen LogP contribution in [0.4, 0.5) is 14.5 Å². The van der Waals surface area contributed by atoms with E-state index in [1.807, 2.05) is 6.92 Å². The van der Waals surface area contributed by atoms with Crippen molar-refractivity contribution in [2.45, 2.75) is 13.0 Å². The number of pyridine rings is 1. The predicted molar refractivity (Wildman–Crippen MR) is 75.2 cm³/mol. The Bertz CT molecular complexity index is 591. The smallest absolute Gasteiger partial charge is 0.213 e. The van der Waals surface area contributed by atoms with E-state index in [4.69, 9.17) is 4.74 Å². The molecule has 2 N–H and O–H groups in total. The van der Waals surface area contributed by atoms with Crippen LogP contribution in [0.5, 0.6) is 5.88 Å². The summed E-state index contributed by atoms with van der Waals surface area (Å²) in [6, 6.07) is 6.40. The third kappa shape index (κ3) is 4.13. The monoisotopic (exact) mass is 294 g/mol. The third-order valence-electron chi connectivity index (χ3n) is 2.85. The third-order valence-corrected chi connectivity index (χ3v) is 2.85. The van der Waals surface area contributed by atoms with Crippen LogP contribution in [-0.2, 0) is 0 Å². The van der Waals surface area contributed by atoms with Crippen molar-refractivity contribution in [1.82, 2.24) is 4.98 Å². The van der Waals surface area contributed by atoms with E-state index in [0.29, 0.717) is 18.2 Å². The molecule has 0 spiro atoms. The van der Waals surface area contributed by atoms with Gasteiger partial charge in [0.25, 0.3) is 0 Å². The maximum atomic E-state index is 13.5. The molecule has 112 valence electrons. The van der Waals surface area contributed by atoms with E-state index in [2.05, 4.69) is 10.3 Å². The molecule has 1 aromatic carbocycles. The number of hydrogen-bond acceptors (Lipinski definition) is 4. The van der Waals surface area contributed by atoms with Gasteiger partial charge in [0.05, 0.1) is 24.6 Å². The first-order valence-corrected chi connectivity index (χ1v) is 6.56. The minimum Gasteiger partial charge on any atom is -0.478 e. The minimum atomic E-state index is -1.16. The van der Waals surface area contributed by atoms with Gasteiger partial charge in [-0.25, -0.2) is 13.8 Å². The summed E-state index contributed by atoms with van der Waals surface area (Å²) in [6.45, 7) is 2.42. The van der Waals surface area contributed by atoms with E-state index >= 15 is 0 Å². The van der Waals surface area contributed by atoms with Gasteiger partial charge >= 0.3 is 0 Å². The molecule has 2 rings (SSSR count). The summed E-state index contributed by atoms with van der Waals surface area (Å²) >= 11 is 0. The quantitative estimate of drug-likeness (QED) is 0.860. The summed E-state index contributed by atoms with van der Waals surface area (Å²) in [5, 5.41) is 12.8. The van der Waals surface area contributed by atoms with Crippen molar-refractivity contribution >= 4 is 5.69 Å². The molecule has 1 unspecified atom stereocenters. The SMILES string of the molecule is CCOc1ccc(NCC(O)c2cc(F)ccc2F)cn1. The van der Waals surface area contributed by atoms with Crippen molar-refractivity contribution in [3.05, 3.63) is 53.7 Å². The Morgan fingerprint density at radius 3 is 2.76 bits per heavy atom. The summed E-state index contributed by atoms with van der Waals surface area (Å²) in [7, 11) is 0. The highest BCUT2D eigenvalue weighted by atomic mass is 19.1. The Morgan fingerprint density at radius 1 is 1.29 bits per heavy atom. The van der Waals surface area contributed by atoms with Crippen LogP contribution in [0.2, 0.25) is 0 Å². The zero-order valence-electron chi connectivity index (χ0n) is 11.5. The second-order valence-corrected chi connectivity index (χ2v) is 4.38. The van der Waals surface area contributed by atoms with Gasteiger partial charge in [-0.05, 0) is 31.2 Å². The molecular weight excluding hydrogens is 278 g/mol. The van der Waals surface area contributed by atoms with Crippen LogP contribution in [-0.4, -0.2) is 23.2 Å². The summed E-state index contributed by atoms with van der Waals surface area (Å²) in [6.07, 6.45) is 0.381. The molecule has 1 aromatic heterocycles. The van der Waals surface area contributed by atoms with E-state index in [9.17, 15) is 13.9 Å². The Balaban J connectivity index is 1.97. The fourth-order valence-electron chi connectivity index (χ4n) is 1.81. The maximum absolute atomic E-state index is 13.5. The number of rotatable bonds is 6. The fraction of sp³-hybridized carbons (Fsp3) is 0.267. The lowest BCUT2D eigenvalue weighted by molar-refractivity contribution is 0.186. The van der Waals surface area contributed by atoms with E-state index in [1.165, 1.54) is 0 Å². The van der Waals surface area contributed by atoms with Gasteiger partial charge in [0.1, 0.15) is 11.6 Å². The first-order valence-electron chi connectivity index (χ1n) is 6.56. The van der Waals surface area contributed by atoms with Gasteiger partial charge < -0.3 is 15.2 Å². The summed E-state index contributed by atoms with van der Waals surface area (Å²) in [5.41, 5.74) is 0.565. The van der Waals surface area contributed by atoms with Gasteiger partial charge in [0, 0.05) is 18.2 Å². The molecule has 2 aromatic rings. The number of anilines is 1. The Hall–Kier alpha value is -2.21. The lowest BCUT2D eigenvalue weighted by Gasteiger charge is -2.14. The van der Waals surface area contributed by atoms with Crippen molar-refractivity contribution in [2.75, 3.05) is 18.5 Å². The molecule has 6 heteroatoms. The standard InChI is InChI=1S/C15H16F2N2O2/c1-2-21-15-6-4-11(8-19-15)18-9-14(20)12-7-10(16)3-5-13(12)17/h3-8,14,18,20H,2,9H2,1H3. The molecule has 1 atom stereocenters. The van der Waals surface area contributed by atoms with Crippen LogP contribution in [0.25, 0.3) is 0 Å². The maximum Gasteiger partial charge on any atom is 0.213 e. The van der Waals surface area contributed by atoms with Crippen LogP contribution in [0.15, 0.2) is 36.5 Å². The minimum absolute atomic E-state index is 0.0377. The largest absolute Gasteiger partial charge is 0.478 e. The normalized spacial score (nSPS) is 12.0. The Morgan fingerprint density at radius 2 is 2.10 bits per heavy atom. The van der Waals surface area contributed by atoms with Crippen LogP contribution in [0, 0.1) is 11.6 Å².